The molecule has 0 radical (unpaired) electrons. The Kier molecular flexibility index (Phi) is 1.97. The highest BCUT2D eigenvalue weighted by Gasteiger charge is 2.47. The van der Waals surface area contributed by atoms with Crippen LogP contribution in [0, 0.1) is 0 Å². The summed E-state index contributed by atoms with van der Waals surface area (Å²) in [6.07, 6.45) is 0.800. The summed E-state index contributed by atoms with van der Waals surface area (Å²) in [7, 11) is 0. The van der Waals surface area contributed by atoms with Crippen LogP contribution in [-0.4, -0.2) is 27.5 Å². The summed E-state index contributed by atoms with van der Waals surface area (Å²) in [4.78, 5) is 17.9. The number of para-hydroxylation sites is 1. The van der Waals surface area contributed by atoms with E-state index in [0.717, 1.165) is 13.0 Å². The van der Waals surface area contributed by atoms with Gasteiger partial charge in [-0.05, 0) is 31.9 Å². The van der Waals surface area contributed by atoms with Crippen LogP contribution in [0.3, 0.4) is 0 Å². The van der Waals surface area contributed by atoms with Crippen LogP contribution < -0.4 is 5.32 Å². The molecular weight excluding hydrogens is 238 g/mol. The molecule has 0 aliphatic carbocycles. The summed E-state index contributed by atoms with van der Waals surface area (Å²) in [6.45, 7) is 4.94. The lowest BCUT2D eigenvalue weighted by Gasteiger charge is -2.36. The molecule has 2 aliphatic heterocycles. The summed E-state index contributed by atoms with van der Waals surface area (Å²) >= 11 is 0. The highest BCUT2D eigenvalue weighted by Crippen LogP contribution is 2.35. The van der Waals surface area contributed by atoms with Gasteiger partial charge in [-0.1, -0.05) is 18.2 Å². The molecule has 2 aromatic rings. The van der Waals surface area contributed by atoms with Crippen molar-refractivity contribution in [3.8, 4) is 0 Å². The largest absolute Gasteiger partial charge is 0.357 e. The number of carbonyl (C=O) groups excluding carboxylic acids is 1. The van der Waals surface area contributed by atoms with Crippen LogP contribution in [0.25, 0.3) is 10.9 Å². The van der Waals surface area contributed by atoms with Gasteiger partial charge in [0, 0.05) is 23.1 Å². The molecule has 2 aliphatic rings. The molecule has 4 rings (SSSR count). The number of nitrogens with one attached hydrogen (secondary N) is 2. The first-order chi connectivity index (χ1) is 9.06. The third kappa shape index (κ3) is 1.40. The zero-order valence-electron chi connectivity index (χ0n) is 11.2. The van der Waals surface area contributed by atoms with Crippen LogP contribution in [0.1, 0.15) is 25.1 Å². The molecule has 3 heterocycles. The molecule has 1 saturated heterocycles. The predicted octanol–water partition coefficient (Wildman–Crippen LogP) is 1.76. The number of amides is 1. The van der Waals surface area contributed by atoms with Crippen molar-refractivity contribution in [3.63, 3.8) is 0 Å². The van der Waals surface area contributed by atoms with Crippen LogP contribution in [0.5, 0.6) is 0 Å². The maximum Gasteiger partial charge on any atom is 0.239 e. The molecule has 1 unspecified atom stereocenters. The molecule has 0 bridgehead atoms. The quantitative estimate of drug-likeness (QED) is 0.753. The molecule has 19 heavy (non-hydrogen) atoms. The fourth-order valence-electron chi connectivity index (χ4n) is 3.49. The maximum atomic E-state index is 12.1. The molecule has 1 aromatic heterocycles. The average Bonchev–Trinajstić information content (AvgIpc) is 2.83. The Morgan fingerprint density at radius 1 is 1.32 bits per heavy atom. The van der Waals surface area contributed by atoms with Crippen molar-refractivity contribution in [2.24, 2.45) is 0 Å². The number of carbonyl (C=O) groups is 1. The fourth-order valence-corrected chi connectivity index (χ4v) is 3.49. The monoisotopic (exact) mass is 255 g/mol. The van der Waals surface area contributed by atoms with Gasteiger partial charge in [-0.3, -0.25) is 9.69 Å². The average molecular weight is 255 g/mol. The van der Waals surface area contributed by atoms with Gasteiger partial charge in [-0.2, -0.15) is 0 Å². The Hall–Kier alpha value is -1.81. The first-order valence-electron chi connectivity index (χ1n) is 6.73. The predicted molar refractivity (Wildman–Crippen MR) is 73.6 cm³/mol. The lowest BCUT2D eigenvalue weighted by atomic mass is 9.96. The number of benzene rings is 1. The molecule has 1 atom stereocenters. The van der Waals surface area contributed by atoms with Crippen LogP contribution in [-0.2, 0) is 17.8 Å². The van der Waals surface area contributed by atoms with E-state index < -0.39 is 0 Å². The molecule has 1 fully saturated rings. The molecule has 0 spiro atoms. The van der Waals surface area contributed by atoms with E-state index in [1.807, 2.05) is 6.07 Å². The SMILES string of the molecule is CC1(C)NC(=O)C2Cc3c([nH]c4ccccc34)CN21. The number of hydrogen-bond acceptors (Lipinski definition) is 2. The van der Waals surface area contributed by atoms with Crippen LogP contribution in [0.2, 0.25) is 0 Å². The van der Waals surface area contributed by atoms with Gasteiger partial charge in [0.1, 0.15) is 0 Å². The van der Waals surface area contributed by atoms with Crippen molar-refractivity contribution >= 4 is 16.8 Å². The smallest absolute Gasteiger partial charge is 0.239 e. The summed E-state index contributed by atoms with van der Waals surface area (Å²) in [5.41, 5.74) is 3.48. The topological polar surface area (TPSA) is 48.1 Å². The minimum Gasteiger partial charge on any atom is -0.357 e. The number of H-pyrrole nitrogens is 1. The van der Waals surface area contributed by atoms with Crippen molar-refractivity contribution in [1.82, 2.24) is 15.2 Å². The molecule has 4 heteroatoms. The molecule has 1 amide bonds. The second-order valence-corrected chi connectivity index (χ2v) is 6.02. The maximum absolute atomic E-state index is 12.1. The van der Waals surface area contributed by atoms with E-state index in [2.05, 4.69) is 47.2 Å². The van der Waals surface area contributed by atoms with Gasteiger partial charge in [-0.25, -0.2) is 0 Å². The van der Waals surface area contributed by atoms with Gasteiger partial charge >= 0.3 is 0 Å². The number of aromatic amines is 1. The van der Waals surface area contributed by atoms with E-state index in [9.17, 15) is 4.79 Å². The standard InChI is InChI=1S/C15H17N3O/c1-15(2)17-14(19)13-7-10-9-5-3-4-6-11(9)16-12(10)8-18(13)15/h3-6,13,16H,7-8H2,1-2H3,(H,17,19). The van der Waals surface area contributed by atoms with Gasteiger partial charge in [0.2, 0.25) is 5.91 Å². The zero-order valence-corrected chi connectivity index (χ0v) is 11.2. The highest BCUT2D eigenvalue weighted by atomic mass is 16.2. The Labute approximate surface area is 111 Å². The Morgan fingerprint density at radius 3 is 2.95 bits per heavy atom. The first-order valence-corrected chi connectivity index (χ1v) is 6.73. The normalized spacial score (nSPS) is 25.2. The summed E-state index contributed by atoms with van der Waals surface area (Å²) in [5.74, 6) is 0.154. The van der Waals surface area contributed by atoms with E-state index in [-0.39, 0.29) is 17.6 Å². The van der Waals surface area contributed by atoms with Gasteiger partial charge < -0.3 is 10.3 Å². The van der Waals surface area contributed by atoms with E-state index in [4.69, 9.17) is 0 Å². The molecular formula is C15H17N3O. The number of hydrogen-bond donors (Lipinski definition) is 2. The van der Waals surface area contributed by atoms with Crippen molar-refractivity contribution in [2.45, 2.75) is 38.5 Å². The van der Waals surface area contributed by atoms with Crippen LogP contribution in [0.4, 0.5) is 0 Å². The summed E-state index contributed by atoms with van der Waals surface area (Å²) < 4.78 is 0. The second-order valence-electron chi connectivity index (χ2n) is 6.02. The van der Waals surface area contributed by atoms with Crippen LogP contribution in [0.15, 0.2) is 24.3 Å². The third-order valence-electron chi connectivity index (χ3n) is 4.45. The molecule has 1 aromatic carbocycles. The Morgan fingerprint density at radius 2 is 2.11 bits per heavy atom. The lowest BCUT2D eigenvalue weighted by Crippen LogP contribution is -2.49. The van der Waals surface area contributed by atoms with Crippen molar-refractivity contribution in [3.05, 3.63) is 35.5 Å². The van der Waals surface area contributed by atoms with E-state index >= 15 is 0 Å². The number of nitrogens with zero attached hydrogens (tertiary/aromatic N) is 1. The minimum atomic E-state index is -0.253. The van der Waals surface area contributed by atoms with Gasteiger partial charge in [0.05, 0.1) is 11.7 Å². The summed E-state index contributed by atoms with van der Waals surface area (Å²) in [6, 6.07) is 8.31. The van der Waals surface area contributed by atoms with Gasteiger partial charge in [-0.15, -0.1) is 0 Å². The van der Waals surface area contributed by atoms with Gasteiger partial charge in [0.25, 0.3) is 0 Å². The Balaban J connectivity index is 1.87. The number of fused-ring (bicyclic) bond motifs is 4. The van der Waals surface area contributed by atoms with E-state index in [1.54, 1.807) is 0 Å². The van der Waals surface area contributed by atoms with Gasteiger partial charge in [0.15, 0.2) is 0 Å². The second kappa shape index (κ2) is 3.39. The zero-order chi connectivity index (χ0) is 13.2. The molecule has 0 saturated carbocycles. The number of rotatable bonds is 0. The highest BCUT2D eigenvalue weighted by molar-refractivity contribution is 5.89. The first kappa shape index (κ1) is 11.1. The van der Waals surface area contributed by atoms with Crippen LogP contribution >= 0.6 is 0 Å². The molecule has 4 nitrogen and oxygen atoms in total. The lowest BCUT2D eigenvalue weighted by molar-refractivity contribution is -0.121. The Bertz CT molecular complexity index is 686. The van der Waals surface area contributed by atoms with E-state index in [1.165, 1.54) is 22.2 Å². The minimum absolute atomic E-state index is 0.0262. The third-order valence-corrected chi connectivity index (χ3v) is 4.45. The molecule has 2 N–H and O–H groups in total. The summed E-state index contributed by atoms with van der Waals surface area (Å²) in [5, 5.41) is 4.34. The van der Waals surface area contributed by atoms with Crippen molar-refractivity contribution in [1.29, 1.82) is 0 Å². The van der Waals surface area contributed by atoms with Crippen molar-refractivity contribution < 1.29 is 4.79 Å². The van der Waals surface area contributed by atoms with E-state index in [0.29, 0.717) is 0 Å². The number of aromatic nitrogens is 1. The van der Waals surface area contributed by atoms with Crippen molar-refractivity contribution in [2.75, 3.05) is 0 Å². The fraction of sp³-hybridized carbons (Fsp3) is 0.400. The molecule has 98 valence electrons.